The minimum Gasteiger partial charge on any atom is -0.469 e. The lowest BCUT2D eigenvalue weighted by Crippen LogP contribution is -2.52. The molecule has 3 aliphatic rings. The Kier molecular flexibility index (Phi) is 3.35. The average Bonchev–Trinajstić information content (AvgIpc) is 2.96. The molecule has 110 valence electrons. The Morgan fingerprint density at radius 3 is 3.10 bits per heavy atom. The molecule has 0 saturated carbocycles. The van der Waals surface area contributed by atoms with Crippen molar-refractivity contribution in [2.45, 2.75) is 51.0 Å². The number of fused-ring (bicyclic) bond motifs is 1. The van der Waals surface area contributed by atoms with Crippen LogP contribution in [0.5, 0.6) is 0 Å². The van der Waals surface area contributed by atoms with E-state index >= 15 is 0 Å². The van der Waals surface area contributed by atoms with Crippen LogP contribution in [-0.4, -0.2) is 31.1 Å². The first kappa shape index (κ1) is 12.9. The Morgan fingerprint density at radius 2 is 2.20 bits per heavy atom. The molecule has 0 aromatic carbocycles. The molecule has 3 nitrogen and oxygen atoms in total. The lowest BCUT2D eigenvalue weighted by molar-refractivity contribution is 0.0312. The van der Waals surface area contributed by atoms with Gasteiger partial charge in [0, 0.05) is 31.1 Å². The highest BCUT2D eigenvalue weighted by Gasteiger charge is 2.39. The molecular weight excluding hydrogens is 248 g/mol. The van der Waals surface area contributed by atoms with Gasteiger partial charge in [0.25, 0.3) is 0 Å². The van der Waals surface area contributed by atoms with Crippen LogP contribution in [-0.2, 0) is 6.42 Å². The highest BCUT2D eigenvalue weighted by Crippen LogP contribution is 2.42. The van der Waals surface area contributed by atoms with Crippen molar-refractivity contribution in [1.29, 1.82) is 0 Å². The van der Waals surface area contributed by atoms with Crippen LogP contribution in [0.1, 0.15) is 55.9 Å². The zero-order chi connectivity index (χ0) is 13.4. The van der Waals surface area contributed by atoms with Gasteiger partial charge in [-0.15, -0.1) is 0 Å². The zero-order valence-corrected chi connectivity index (χ0v) is 12.4. The van der Waals surface area contributed by atoms with E-state index in [0.717, 1.165) is 6.42 Å². The highest BCUT2D eigenvalue weighted by atomic mass is 16.3. The molecule has 4 rings (SSSR count). The van der Waals surface area contributed by atoms with Crippen LogP contribution in [0.15, 0.2) is 16.7 Å². The van der Waals surface area contributed by atoms with E-state index in [4.69, 9.17) is 4.42 Å². The standard InChI is InChI=1S/C17H26N2O/c1-4-15(14-6-11-20-16(14)5-1)19-10-3-8-17(13-19)7-2-9-18-12-17/h6,11,15,18H,1-5,7-10,12-13H2. The molecule has 3 heteroatoms. The van der Waals surface area contributed by atoms with Crippen molar-refractivity contribution in [1.82, 2.24) is 10.2 Å². The molecule has 2 fully saturated rings. The lowest BCUT2D eigenvalue weighted by Gasteiger charge is -2.48. The predicted octanol–water partition coefficient (Wildman–Crippen LogP) is 3.12. The summed E-state index contributed by atoms with van der Waals surface area (Å²) in [7, 11) is 0. The van der Waals surface area contributed by atoms with Crippen molar-refractivity contribution < 1.29 is 4.42 Å². The van der Waals surface area contributed by atoms with Crippen molar-refractivity contribution in [2.75, 3.05) is 26.2 Å². The maximum Gasteiger partial charge on any atom is 0.108 e. The largest absolute Gasteiger partial charge is 0.469 e. The van der Waals surface area contributed by atoms with Crippen LogP contribution in [0, 0.1) is 5.41 Å². The monoisotopic (exact) mass is 274 g/mol. The molecule has 1 aromatic heterocycles. The van der Waals surface area contributed by atoms with Crippen LogP contribution < -0.4 is 5.32 Å². The summed E-state index contributed by atoms with van der Waals surface area (Å²) in [5.74, 6) is 1.25. The number of hydrogen-bond acceptors (Lipinski definition) is 3. The van der Waals surface area contributed by atoms with Crippen LogP contribution in [0.25, 0.3) is 0 Å². The van der Waals surface area contributed by atoms with E-state index in [-0.39, 0.29) is 0 Å². The summed E-state index contributed by atoms with van der Waals surface area (Å²) in [5.41, 5.74) is 2.04. The van der Waals surface area contributed by atoms with Crippen molar-refractivity contribution in [2.24, 2.45) is 5.41 Å². The van der Waals surface area contributed by atoms with Crippen molar-refractivity contribution in [3.8, 4) is 0 Å². The summed E-state index contributed by atoms with van der Waals surface area (Å²) in [4.78, 5) is 2.77. The molecule has 0 amide bonds. The number of hydrogen-bond donors (Lipinski definition) is 1. The predicted molar refractivity (Wildman–Crippen MR) is 79.7 cm³/mol. The van der Waals surface area contributed by atoms with E-state index in [1.807, 2.05) is 6.26 Å². The number of rotatable bonds is 1. The van der Waals surface area contributed by atoms with E-state index in [2.05, 4.69) is 16.3 Å². The second kappa shape index (κ2) is 5.19. The second-order valence-corrected chi connectivity index (χ2v) is 7.06. The molecule has 2 atom stereocenters. The average molecular weight is 274 g/mol. The lowest BCUT2D eigenvalue weighted by atomic mass is 9.73. The van der Waals surface area contributed by atoms with Gasteiger partial charge < -0.3 is 9.73 Å². The van der Waals surface area contributed by atoms with Gasteiger partial charge in [-0.2, -0.15) is 0 Å². The highest BCUT2D eigenvalue weighted by molar-refractivity contribution is 5.24. The fourth-order valence-corrected chi connectivity index (χ4v) is 4.73. The summed E-state index contributed by atoms with van der Waals surface area (Å²) in [6.07, 6.45) is 11.2. The van der Waals surface area contributed by atoms with E-state index < -0.39 is 0 Å². The van der Waals surface area contributed by atoms with Gasteiger partial charge in [-0.25, -0.2) is 0 Å². The van der Waals surface area contributed by atoms with Gasteiger partial charge in [0.1, 0.15) is 5.76 Å². The van der Waals surface area contributed by atoms with Crippen molar-refractivity contribution in [3.63, 3.8) is 0 Å². The number of likely N-dealkylation sites (tertiary alicyclic amines) is 1. The Labute approximate surface area is 121 Å². The van der Waals surface area contributed by atoms with Gasteiger partial charge in [0.05, 0.1) is 6.26 Å². The van der Waals surface area contributed by atoms with Gasteiger partial charge in [0.2, 0.25) is 0 Å². The number of aryl methyl sites for hydroxylation is 1. The summed E-state index contributed by atoms with van der Waals surface area (Å²) < 4.78 is 5.67. The molecule has 2 unspecified atom stereocenters. The molecule has 0 radical (unpaired) electrons. The maximum atomic E-state index is 5.67. The quantitative estimate of drug-likeness (QED) is 0.853. The van der Waals surface area contributed by atoms with Gasteiger partial charge in [-0.05, 0) is 63.1 Å². The molecule has 3 heterocycles. The first-order valence-corrected chi connectivity index (χ1v) is 8.37. The first-order chi connectivity index (χ1) is 9.86. The summed E-state index contributed by atoms with van der Waals surface area (Å²) in [6.45, 7) is 5.01. The van der Waals surface area contributed by atoms with Crippen LogP contribution >= 0.6 is 0 Å². The third-order valence-corrected chi connectivity index (χ3v) is 5.71. The third kappa shape index (κ3) is 2.21. The first-order valence-electron chi connectivity index (χ1n) is 8.37. The molecule has 2 aliphatic heterocycles. The van der Waals surface area contributed by atoms with Gasteiger partial charge in [-0.1, -0.05) is 0 Å². The Bertz CT molecular complexity index is 456. The molecule has 0 bridgehead atoms. The smallest absolute Gasteiger partial charge is 0.108 e. The van der Waals surface area contributed by atoms with E-state index in [0.29, 0.717) is 11.5 Å². The minimum atomic E-state index is 0.553. The number of furan rings is 1. The zero-order valence-electron chi connectivity index (χ0n) is 12.4. The van der Waals surface area contributed by atoms with Crippen LogP contribution in [0.2, 0.25) is 0 Å². The van der Waals surface area contributed by atoms with E-state index in [1.54, 1.807) is 0 Å². The Morgan fingerprint density at radius 1 is 1.25 bits per heavy atom. The molecule has 20 heavy (non-hydrogen) atoms. The van der Waals surface area contributed by atoms with Gasteiger partial charge in [0.15, 0.2) is 0 Å². The number of nitrogens with one attached hydrogen (secondary N) is 1. The van der Waals surface area contributed by atoms with E-state index in [1.165, 1.54) is 76.0 Å². The SMILES string of the molecule is c1cc2c(o1)CCCC2N1CCCC2(CCCNC2)C1. The summed E-state index contributed by atoms with van der Waals surface area (Å²) in [6, 6.07) is 2.84. The Balaban J connectivity index is 1.54. The normalized spacial score (nSPS) is 35.1. The molecule has 2 saturated heterocycles. The molecule has 1 spiro atoms. The van der Waals surface area contributed by atoms with E-state index in [9.17, 15) is 0 Å². The van der Waals surface area contributed by atoms with Crippen LogP contribution in [0.4, 0.5) is 0 Å². The topological polar surface area (TPSA) is 28.4 Å². The molecular formula is C17H26N2O. The Hall–Kier alpha value is -0.800. The van der Waals surface area contributed by atoms with Crippen molar-refractivity contribution in [3.05, 3.63) is 23.7 Å². The van der Waals surface area contributed by atoms with Crippen molar-refractivity contribution >= 4 is 0 Å². The number of piperidine rings is 2. The van der Waals surface area contributed by atoms with Gasteiger partial charge in [-0.3, -0.25) is 4.90 Å². The van der Waals surface area contributed by atoms with Gasteiger partial charge >= 0.3 is 0 Å². The number of nitrogens with zero attached hydrogens (tertiary/aromatic N) is 1. The maximum absolute atomic E-state index is 5.67. The fraction of sp³-hybridized carbons (Fsp3) is 0.765. The second-order valence-electron chi connectivity index (χ2n) is 7.06. The van der Waals surface area contributed by atoms with Crippen LogP contribution in [0.3, 0.4) is 0 Å². The summed E-state index contributed by atoms with van der Waals surface area (Å²) >= 11 is 0. The molecule has 1 N–H and O–H groups in total. The minimum absolute atomic E-state index is 0.553. The fourth-order valence-electron chi connectivity index (χ4n) is 4.73. The molecule has 1 aliphatic carbocycles. The molecule has 1 aromatic rings. The summed E-state index contributed by atoms with van der Waals surface area (Å²) in [5, 5.41) is 3.64. The third-order valence-electron chi connectivity index (χ3n) is 5.71.